The predicted octanol–water partition coefficient (Wildman–Crippen LogP) is 3.84. The van der Waals surface area contributed by atoms with Crippen molar-refractivity contribution in [3.05, 3.63) is 65.7 Å². The fourth-order valence-electron chi connectivity index (χ4n) is 3.35. The maximum absolute atomic E-state index is 10.6. The molecule has 1 aromatic carbocycles. The maximum atomic E-state index is 10.6. The highest BCUT2D eigenvalue weighted by Crippen LogP contribution is 2.24. The molecule has 3 heterocycles. The van der Waals surface area contributed by atoms with E-state index in [1.165, 1.54) is 5.56 Å². The molecule has 41 heavy (non-hydrogen) atoms. The summed E-state index contributed by atoms with van der Waals surface area (Å²) in [5.74, 6) is -2.79. The summed E-state index contributed by atoms with van der Waals surface area (Å²) in [5, 5.41) is 25.0. The van der Waals surface area contributed by atoms with Crippen molar-refractivity contribution in [1.82, 2.24) is 25.4 Å². The number of alkyl halides is 6. The first-order chi connectivity index (χ1) is 19.3. The molecule has 4 rings (SSSR count). The van der Waals surface area contributed by atoms with Gasteiger partial charge in [-0.3, -0.25) is 0 Å². The van der Waals surface area contributed by atoms with E-state index < -0.39 is 24.3 Å². The van der Waals surface area contributed by atoms with Crippen molar-refractivity contribution >= 4 is 17.8 Å². The Balaban J connectivity index is 0.000000349. The zero-order valence-corrected chi connectivity index (χ0v) is 21.2. The number of nitrogens with one attached hydrogen (secondary N) is 2. The van der Waals surface area contributed by atoms with E-state index in [-0.39, 0.29) is 0 Å². The Morgan fingerprint density at radius 3 is 2.12 bits per heavy atom. The van der Waals surface area contributed by atoms with E-state index in [1.807, 2.05) is 18.2 Å². The monoisotopic (exact) mass is 592 g/mol. The van der Waals surface area contributed by atoms with Gasteiger partial charge in [-0.2, -0.15) is 31.3 Å². The molecule has 0 amide bonds. The zero-order chi connectivity index (χ0) is 30.5. The van der Waals surface area contributed by atoms with Crippen LogP contribution in [0.3, 0.4) is 0 Å². The van der Waals surface area contributed by atoms with Gasteiger partial charge in [-0.05, 0) is 31.5 Å². The number of benzene rings is 1. The molecule has 1 aliphatic rings. The summed E-state index contributed by atoms with van der Waals surface area (Å²) >= 11 is 0. The minimum absolute atomic E-state index is 0.520. The number of carboxylic acids is 2. The highest BCUT2D eigenvalue weighted by Gasteiger charge is 2.38. The van der Waals surface area contributed by atoms with Crippen molar-refractivity contribution < 1.29 is 50.7 Å². The van der Waals surface area contributed by atoms with Crippen molar-refractivity contribution in [2.75, 3.05) is 25.0 Å². The van der Waals surface area contributed by atoms with Crippen LogP contribution in [0.15, 0.2) is 47.2 Å². The number of halogens is 6. The van der Waals surface area contributed by atoms with E-state index in [9.17, 15) is 26.3 Å². The van der Waals surface area contributed by atoms with Gasteiger partial charge < -0.3 is 25.4 Å². The number of rotatable bonds is 7. The molecule has 1 aliphatic heterocycles. The van der Waals surface area contributed by atoms with E-state index in [4.69, 9.17) is 24.3 Å². The number of piperidine rings is 1. The van der Waals surface area contributed by atoms with Crippen LogP contribution in [0, 0.1) is 0 Å². The predicted molar refractivity (Wildman–Crippen MR) is 130 cm³/mol. The molecule has 0 saturated carbocycles. The van der Waals surface area contributed by atoms with Crippen LogP contribution in [0.25, 0.3) is 0 Å². The fraction of sp³-hybridized carbons (Fsp3) is 0.417. The van der Waals surface area contributed by atoms with Crippen LogP contribution in [-0.2, 0) is 22.4 Å². The van der Waals surface area contributed by atoms with Crippen LogP contribution >= 0.6 is 0 Å². The molecule has 0 unspecified atom stereocenters. The average molecular weight is 592 g/mol. The molecule has 17 heteroatoms. The topological polar surface area (TPSA) is 163 Å². The van der Waals surface area contributed by atoms with Gasteiger partial charge in [0, 0.05) is 37.1 Å². The first-order valence-electron chi connectivity index (χ1n) is 12.0. The summed E-state index contributed by atoms with van der Waals surface area (Å²) in [4.78, 5) is 31.0. The van der Waals surface area contributed by atoms with Crippen LogP contribution < -0.4 is 10.6 Å². The highest BCUT2D eigenvalue weighted by atomic mass is 19.4. The number of aliphatic carboxylic acids is 2. The first-order valence-corrected chi connectivity index (χ1v) is 12.0. The number of carbonyl (C=O) groups is 2. The minimum atomic E-state index is -5.08. The van der Waals surface area contributed by atoms with Crippen molar-refractivity contribution in [3.8, 4) is 0 Å². The second kappa shape index (κ2) is 15.5. The number of anilines is 1. The highest BCUT2D eigenvalue weighted by molar-refractivity contribution is 5.73. The Morgan fingerprint density at radius 1 is 0.976 bits per heavy atom. The molecule has 0 aliphatic carbocycles. The molecule has 224 valence electrons. The molecule has 11 nitrogen and oxygen atoms in total. The largest absolute Gasteiger partial charge is 0.490 e. The summed E-state index contributed by atoms with van der Waals surface area (Å²) in [6, 6.07) is 12.2. The van der Waals surface area contributed by atoms with Gasteiger partial charge in [0.2, 0.25) is 5.89 Å². The lowest BCUT2D eigenvalue weighted by Crippen LogP contribution is -2.27. The number of hydrogen-bond donors (Lipinski definition) is 4. The third kappa shape index (κ3) is 12.6. The minimum Gasteiger partial charge on any atom is -0.475 e. The number of hydrogen-bond acceptors (Lipinski definition) is 9. The molecule has 2 aromatic heterocycles. The van der Waals surface area contributed by atoms with E-state index in [0.717, 1.165) is 37.4 Å². The average Bonchev–Trinajstić information content (AvgIpc) is 3.36. The van der Waals surface area contributed by atoms with Crippen LogP contribution in [0.5, 0.6) is 0 Å². The van der Waals surface area contributed by atoms with Gasteiger partial charge >= 0.3 is 24.3 Å². The number of nitrogens with zero attached hydrogens (tertiary/aromatic N) is 4. The Labute approximate surface area is 229 Å². The van der Waals surface area contributed by atoms with E-state index in [0.29, 0.717) is 37.0 Å². The lowest BCUT2D eigenvalue weighted by atomic mass is 9.94. The van der Waals surface area contributed by atoms with Crippen LogP contribution in [0.4, 0.5) is 32.2 Å². The van der Waals surface area contributed by atoms with Gasteiger partial charge in [0.05, 0.1) is 0 Å². The molecule has 0 atom stereocenters. The Kier molecular flexibility index (Phi) is 12.4. The second-order valence-electron chi connectivity index (χ2n) is 8.40. The van der Waals surface area contributed by atoms with Crippen molar-refractivity contribution in [3.63, 3.8) is 0 Å². The third-order valence-electron chi connectivity index (χ3n) is 5.29. The SMILES string of the molecule is O=C(O)C(F)(F)F.O=C(O)C(F)(F)F.c1ccc(Cc2noc(CCNc3cc(C4CCNCC4)ncn3)n2)cc1. The van der Waals surface area contributed by atoms with E-state index >= 15 is 0 Å². The van der Waals surface area contributed by atoms with Crippen LogP contribution in [0.1, 0.15) is 41.7 Å². The smallest absolute Gasteiger partial charge is 0.475 e. The Bertz CT molecular complexity index is 1210. The Hall–Kier alpha value is -4.28. The lowest BCUT2D eigenvalue weighted by molar-refractivity contribution is -0.193. The van der Waals surface area contributed by atoms with Crippen molar-refractivity contribution in [1.29, 1.82) is 0 Å². The fourth-order valence-corrected chi connectivity index (χ4v) is 3.35. The van der Waals surface area contributed by atoms with Gasteiger partial charge in [0.15, 0.2) is 5.82 Å². The van der Waals surface area contributed by atoms with Gasteiger partial charge in [0.25, 0.3) is 0 Å². The van der Waals surface area contributed by atoms with Crippen molar-refractivity contribution in [2.24, 2.45) is 0 Å². The molecule has 4 N–H and O–H groups in total. The molecular formula is C24H26F6N6O5. The summed E-state index contributed by atoms with van der Waals surface area (Å²) in [6.45, 7) is 2.80. The lowest BCUT2D eigenvalue weighted by Gasteiger charge is -2.22. The van der Waals surface area contributed by atoms with Crippen molar-refractivity contribution in [2.45, 2.75) is 44.0 Å². The molecule has 0 spiro atoms. The van der Waals surface area contributed by atoms with Gasteiger partial charge in [-0.1, -0.05) is 35.5 Å². The van der Waals surface area contributed by atoms with Gasteiger partial charge in [-0.25, -0.2) is 19.6 Å². The second-order valence-corrected chi connectivity index (χ2v) is 8.40. The van der Waals surface area contributed by atoms with E-state index in [1.54, 1.807) is 6.33 Å². The summed E-state index contributed by atoms with van der Waals surface area (Å²) in [6.07, 6.45) is -4.92. The van der Waals surface area contributed by atoms with Crippen LogP contribution in [0.2, 0.25) is 0 Å². The molecule has 0 radical (unpaired) electrons. The van der Waals surface area contributed by atoms with Gasteiger partial charge in [0.1, 0.15) is 12.1 Å². The van der Waals surface area contributed by atoms with E-state index in [2.05, 4.69) is 48.9 Å². The summed E-state index contributed by atoms with van der Waals surface area (Å²) in [5.41, 5.74) is 2.30. The summed E-state index contributed by atoms with van der Waals surface area (Å²) < 4.78 is 68.8. The summed E-state index contributed by atoms with van der Waals surface area (Å²) in [7, 11) is 0. The molecular weight excluding hydrogens is 566 g/mol. The standard InChI is InChI=1S/C20H24N6O.2C2HF3O2/c1-2-4-15(5-3-1)12-19-25-20(27-26-19)8-11-22-18-13-17(23-14-24-18)16-6-9-21-10-7-16;2*3-2(4,5)1(6)7/h1-5,13-14,16,21H,6-12H2,(H,22,23,24);2*(H,6,7). The molecule has 3 aromatic rings. The Morgan fingerprint density at radius 2 is 1.56 bits per heavy atom. The zero-order valence-electron chi connectivity index (χ0n) is 21.2. The third-order valence-corrected chi connectivity index (χ3v) is 5.29. The number of carboxylic acid groups (broad SMARTS) is 2. The van der Waals surface area contributed by atoms with Crippen LogP contribution in [-0.4, -0.2) is 74.2 Å². The molecule has 0 bridgehead atoms. The quantitative estimate of drug-likeness (QED) is 0.295. The maximum Gasteiger partial charge on any atom is 0.490 e. The normalized spacial score (nSPS) is 13.7. The van der Waals surface area contributed by atoms with Gasteiger partial charge in [-0.15, -0.1) is 0 Å². The molecule has 1 fully saturated rings. The first kappa shape index (κ1) is 32.9. The molecule has 1 saturated heterocycles. The number of aromatic nitrogens is 4.